The highest BCUT2D eigenvalue weighted by molar-refractivity contribution is 5.72. The maximum Gasteiger partial charge on any atom is 0.216 e. The van der Waals surface area contributed by atoms with Crippen LogP contribution in [0.2, 0.25) is 0 Å². The van der Waals surface area contributed by atoms with Crippen molar-refractivity contribution in [1.82, 2.24) is 15.1 Å². The van der Waals surface area contributed by atoms with Gasteiger partial charge in [-0.15, -0.1) is 0 Å². The molecule has 0 aromatic carbocycles. The van der Waals surface area contributed by atoms with Gasteiger partial charge in [0.15, 0.2) is 5.82 Å². The molecule has 0 bridgehead atoms. The predicted octanol–water partition coefficient (Wildman–Crippen LogP) is 0.542. The number of amides is 1. The van der Waals surface area contributed by atoms with Crippen LogP contribution in [0.5, 0.6) is 0 Å². The van der Waals surface area contributed by atoms with Crippen molar-refractivity contribution in [2.45, 2.75) is 13.3 Å². The number of nitrogens with zero attached hydrogens (tertiary/aromatic N) is 2. The fourth-order valence-electron chi connectivity index (χ4n) is 1.19. The number of carbonyl (C=O) groups is 1. The maximum atomic E-state index is 10.6. The Hall–Kier alpha value is -1.78. The normalized spacial score (nSPS) is 10.8. The number of hydrogen-bond donors (Lipinski definition) is 2. The first-order valence-electron chi connectivity index (χ1n) is 4.79. The van der Waals surface area contributed by atoms with Crippen LogP contribution in [0.4, 0.5) is 5.82 Å². The van der Waals surface area contributed by atoms with Gasteiger partial charge >= 0.3 is 0 Å². The van der Waals surface area contributed by atoms with E-state index in [-0.39, 0.29) is 5.91 Å². The molecule has 0 saturated heterocycles. The van der Waals surface area contributed by atoms with Crippen LogP contribution in [0.15, 0.2) is 12.3 Å². The van der Waals surface area contributed by atoms with E-state index in [0.717, 1.165) is 12.0 Å². The van der Waals surface area contributed by atoms with E-state index in [9.17, 15) is 4.79 Å². The van der Waals surface area contributed by atoms with E-state index in [1.165, 1.54) is 6.92 Å². The van der Waals surface area contributed by atoms with E-state index in [4.69, 9.17) is 5.73 Å². The van der Waals surface area contributed by atoms with Gasteiger partial charge < -0.3 is 11.1 Å². The number of nitrogens with one attached hydrogen (secondary N) is 1. The van der Waals surface area contributed by atoms with Crippen LogP contribution in [-0.2, 0) is 11.8 Å². The molecule has 0 spiro atoms. The first kappa shape index (κ1) is 11.3. The average molecular weight is 208 g/mol. The van der Waals surface area contributed by atoms with Crippen molar-refractivity contribution in [3.05, 3.63) is 17.8 Å². The molecule has 5 nitrogen and oxygen atoms in total. The quantitative estimate of drug-likeness (QED) is 0.709. The van der Waals surface area contributed by atoms with Gasteiger partial charge in [0.25, 0.3) is 0 Å². The highest BCUT2D eigenvalue weighted by Crippen LogP contribution is 2.09. The van der Waals surface area contributed by atoms with Crippen molar-refractivity contribution < 1.29 is 4.79 Å². The predicted molar refractivity (Wildman–Crippen MR) is 60.0 cm³/mol. The topological polar surface area (TPSA) is 72.9 Å². The highest BCUT2D eigenvalue weighted by atomic mass is 16.1. The van der Waals surface area contributed by atoms with E-state index in [2.05, 4.69) is 10.4 Å². The number of nitrogen functional groups attached to an aromatic ring is 1. The number of nitrogens with two attached hydrogens (primary N) is 1. The molecule has 0 radical (unpaired) electrons. The van der Waals surface area contributed by atoms with Crippen LogP contribution < -0.4 is 11.1 Å². The lowest BCUT2D eigenvalue weighted by Gasteiger charge is -1.96. The minimum atomic E-state index is -0.00992. The highest BCUT2D eigenvalue weighted by Gasteiger charge is 1.98. The number of carbonyl (C=O) groups excluding carboxylic acids is 1. The summed E-state index contributed by atoms with van der Waals surface area (Å²) in [6, 6.07) is 0. The molecule has 5 heteroatoms. The van der Waals surface area contributed by atoms with Crippen molar-refractivity contribution in [3.8, 4) is 0 Å². The Morgan fingerprint density at radius 3 is 3.00 bits per heavy atom. The smallest absolute Gasteiger partial charge is 0.216 e. The van der Waals surface area contributed by atoms with E-state index >= 15 is 0 Å². The third kappa shape index (κ3) is 3.84. The van der Waals surface area contributed by atoms with Gasteiger partial charge in [0.1, 0.15) is 0 Å². The zero-order valence-electron chi connectivity index (χ0n) is 9.03. The van der Waals surface area contributed by atoms with Crippen LogP contribution in [0, 0.1) is 0 Å². The van der Waals surface area contributed by atoms with Gasteiger partial charge in [0.2, 0.25) is 5.91 Å². The second kappa shape index (κ2) is 5.19. The molecule has 3 N–H and O–H groups in total. The Bertz CT molecular complexity index is 367. The van der Waals surface area contributed by atoms with Gasteiger partial charge in [0, 0.05) is 32.3 Å². The second-order valence-electron chi connectivity index (χ2n) is 3.32. The molecular weight excluding hydrogens is 192 g/mol. The van der Waals surface area contributed by atoms with Crippen LogP contribution in [0.3, 0.4) is 0 Å². The number of aryl methyl sites for hydroxylation is 1. The Morgan fingerprint density at radius 1 is 1.73 bits per heavy atom. The maximum absolute atomic E-state index is 10.6. The van der Waals surface area contributed by atoms with Crippen molar-refractivity contribution in [2.24, 2.45) is 7.05 Å². The second-order valence-corrected chi connectivity index (χ2v) is 3.32. The zero-order chi connectivity index (χ0) is 11.3. The van der Waals surface area contributed by atoms with Crippen LogP contribution in [0.1, 0.15) is 18.9 Å². The molecule has 0 saturated carbocycles. The molecular formula is C10H16N4O. The van der Waals surface area contributed by atoms with Gasteiger partial charge in [-0.05, 0) is 6.42 Å². The monoisotopic (exact) mass is 208 g/mol. The minimum Gasteiger partial charge on any atom is -0.382 e. The molecule has 1 amide bonds. The molecule has 0 aliphatic heterocycles. The van der Waals surface area contributed by atoms with Gasteiger partial charge in [-0.1, -0.05) is 12.2 Å². The third-order valence-corrected chi connectivity index (χ3v) is 1.87. The summed E-state index contributed by atoms with van der Waals surface area (Å²) in [4.78, 5) is 10.6. The Balaban J connectivity index is 2.38. The van der Waals surface area contributed by atoms with Crippen molar-refractivity contribution in [3.63, 3.8) is 0 Å². The standard InChI is InChI=1S/C10H16N4O/c1-8(15)12-6-4-3-5-9-7-14(2)13-10(9)11/h3,5,7H,4,6H2,1-2H3,(H2,11,13)(H,12,15). The molecule has 1 aromatic heterocycles. The summed E-state index contributed by atoms with van der Waals surface area (Å²) < 4.78 is 1.67. The van der Waals surface area contributed by atoms with E-state index < -0.39 is 0 Å². The number of rotatable bonds is 4. The number of hydrogen-bond acceptors (Lipinski definition) is 3. The van der Waals surface area contributed by atoms with Crippen molar-refractivity contribution in [1.29, 1.82) is 0 Å². The summed E-state index contributed by atoms with van der Waals surface area (Å²) in [5.41, 5.74) is 6.55. The van der Waals surface area contributed by atoms with Gasteiger partial charge in [-0.2, -0.15) is 5.10 Å². The van der Waals surface area contributed by atoms with E-state index in [0.29, 0.717) is 12.4 Å². The van der Waals surface area contributed by atoms with E-state index in [1.807, 2.05) is 25.4 Å². The first-order valence-corrected chi connectivity index (χ1v) is 4.79. The Morgan fingerprint density at radius 2 is 2.47 bits per heavy atom. The Labute approximate surface area is 89.0 Å². The summed E-state index contributed by atoms with van der Waals surface area (Å²) in [5.74, 6) is 0.512. The summed E-state index contributed by atoms with van der Waals surface area (Å²) in [5, 5.41) is 6.72. The third-order valence-electron chi connectivity index (χ3n) is 1.87. The van der Waals surface area contributed by atoms with Crippen LogP contribution >= 0.6 is 0 Å². The molecule has 0 aliphatic rings. The molecule has 0 unspecified atom stereocenters. The fraction of sp³-hybridized carbons (Fsp3) is 0.400. The lowest BCUT2D eigenvalue weighted by molar-refractivity contribution is -0.118. The zero-order valence-corrected chi connectivity index (χ0v) is 9.03. The van der Waals surface area contributed by atoms with Gasteiger partial charge in [0.05, 0.1) is 0 Å². The SMILES string of the molecule is CC(=O)NCCC=Cc1cn(C)nc1N. The minimum absolute atomic E-state index is 0.00992. The average Bonchev–Trinajstić information content (AvgIpc) is 2.44. The molecule has 1 heterocycles. The largest absolute Gasteiger partial charge is 0.382 e. The summed E-state index contributed by atoms with van der Waals surface area (Å²) in [7, 11) is 1.82. The van der Waals surface area contributed by atoms with Crippen LogP contribution in [0.25, 0.3) is 6.08 Å². The van der Waals surface area contributed by atoms with Crippen molar-refractivity contribution >= 4 is 17.8 Å². The van der Waals surface area contributed by atoms with E-state index in [1.54, 1.807) is 4.68 Å². The van der Waals surface area contributed by atoms with Crippen molar-refractivity contribution in [2.75, 3.05) is 12.3 Å². The molecule has 0 aliphatic carbocycles. The van der Waals surface area contributed by atoms with Gasteiger partial charge in [-0.3, -0.25) is 9.48 Å². The lowest BCUT2D eigenvalue weighted by Crippen LogP contribution is -2.20. The molecule has 1 aromatic rings. The van der Waals surface area contributed by atoms with Crippen LogP contribution in [-0.4, -0.2) is 22.2 Å². The summed E-state index contributed by atoms with van der Waals surface area (Å²) in [6.07, 6.45) is 6.51. The Kier molecular flexibility index (Phi) is 3.91. The molecule has 0 atom stereocenters. The first-order chi connectivity index (χ1) is 7.09. The molecule has 82 valence electrons. The number of aromatic nitrogens is 2. The number of anilines is 1. The van der Waals surface area contributed by atoms with Gasteiger partial charge in [-0.25, -0.2) is 0 Å². The molecule has 0 fully saturated rings. The summed E-state index contributed by atoms with van der Waals surface area (Å²) in [6.45, 7) is 2.15. The molecule has 15 heavy (non-hydrogen) atoms. The fourth-order valence-corrected chi connectivity index (χ4v) is 1.19. The lowest BCUT2D eigenvalue weighted by atomic mass is 10.2. The molecule has 1 rings (SSSR count). The summed E-state index contributed by atoms with van der Waals surface area (Å²) >= 11 is 0.